The van der Waals surface area contributed by atoms with Gasteiger partial charge in [0.1, 0.15) is 0 Å². The number of nitrogens with one attached hydrogen (secondary N) is 1. The van der Waals surface area contributed by atoms with Gasteiger partial charge in [0.2, 0.25) is 5.91 Å². The van der Waals surface area contributed by atoms with Gasteiger partial charge in [0.25, 0.3) is 0 Å². The third kappa shape index (κ3) is 7.77. The number of aliphatic carboxylic acids is 1. The van der Waals surface area contributed by atoms with Crippen molar-refractivity contribution in [1.82, 2.24) is 14.9 Å². The van der Waals surface area contributed by atoms with Gasteiger partial charge < -0.3 is 29.6 Å². The van der Waals surface area contributed by atoms with Crippen molar-refractivity contribution in [3.05, 3.63) is 126 Å². The summed E-state index contributed by atoms with van der Waals surface area (Å²) in [5, 5.41) is 21.2. The van der Waals surface area contributed by atoms with Crippen molar-refractivity contribution in [2.45, 2.75) is 64.4 Å². The second kappa shape index (κ2) is 14.7. The summed E-state index contributed by atoms with van der Waals surface area (Å²) in [6.07, 6.45) is 1.37. The maximum absolute atomic E-state index is 12.1. The summed E-state index contributed by atoms with van der Waals surface area (Å²) in [6.45, 7) is 3.13. The molecule has 5 aromatic rings. The average molecular weight is 634 g/mol. The van der Waals surface area contributed by atoms with Gasteiger partial charge in [-0.15, -0.1) is 0 Å². The molecule has 1 aromatic heterocycles. The van der Waals surface area contributed by atoms with E-state index in [1.165, 1.54) is 0 Å². The number of carbonyl (C=O) groups is 2. The highest BCUT2D eigenvalue weighted by Crippen LogP contribution is 2.42. The number of hydrogen-bond acceptors (Lipinski definition) is 6. The number of fused-ring (bicyclic) bond motifs is 1. The van der Waals surface area contributed by atoms with E-state index in [0.717, 1.165) is 44.4 Å². The SMILES string of the molecule is C[C@@H]1[C@H](Cn2cnc3ccccc32)O[C@H](c2ccc(-c3cccc(CNC(=O)CCCC(=O)O)c3)cc2)O[C@@H]1c1ccc(CO)cc1. The molecule has 2 heterocycles. The summed E-state index contributed by atoms with van der Waals surface area (Å²) in [5.74, 6) is -1.03. The number of benzene rings is 4. The molecule has 9 heteroatoms. The number of carboxylic acids is 1. The van der Waals surface area contributed by atoms with E-state index in [2.05, 4.69) is 27.9 Å². The Morgan fingerprint density at radius 1 is 0.851 bits per heavy atom. The van der Waals surface area contributed by atoms with E-state index in [-0.39, 0.29) is 43.5 Å². The second-order valence-electron chi connectivity index (χ2n) is 12.1. The maximum Gasteiger partial charge on any atom is 0.303 e. The van der Waals surface area contributed by atoms with E-state index in [1.54, 1.807) is 0 Å². The first-order valence-corrected chi connectivity index (χ1v) is 16.0. The second-order valence-corrected chi connectivity index (χ2v) is 12.1. The Balaban J connectivity index is 1.19. The zero-order valence-corrected chi connectivity index (χ0v) is 26.3. The van der Waals surface area contributed by atoms with Gasteiger partial charge in [-0.2, -0.15) is 0 Å². The Hall–Kier alpha value is -4.83. The monoisotopic (exact) mass is 633 g/mol. The summed E-state index contributed by atoms with van der Waals surface area (Å²) in [5.41, 5.74) is 7.77. The maximum atomic E-state index is 12.1. The molecule has 1 aliphatic heterocycles. The molecule has 1 fully saturated rings. The van der Waals surface area contributed by atoms with Crippen molar-refractivity contribution in [1.29, 1.82) is 0 Å². The summed E-state index contributed by atoms with van der Waals surface area (Å²) >= 11 is 0. The van der Waals surface area contributed by atoms with Gasteiger partial charge in [0.05, 0.1) is 42.7 Å². The molecule has 3 N–H and O–H groups in total. The Morgan fingerprint density at radius 3 is 2.38 bits per heavy atom. The van der Waals surface area contributed by atoms with Gasteiger partial charge in [-0.3, -0.25) is 9.59 Å². The fraction of sp³-hybridized carbons (Fsp3) is 0.289. The summed E-state index contributed by atoms with van der Waals surface area (Å²) in [7, 11) is 0. The van der Waals surface area contributed by atoms with Crippen LogP contribution in [0.3, 0.4) is 0 Å². The lowest BCUT2D eigenvalue weighted by molar-refractivity contribution is -0.276. The highest BCUT2D eigenvalue weighted by molar-refractivity contribution is 5.77. The molecule has 0 aliphatic carbocycles. The highest BCUT2D eigenvalue weighted by Gasteiger charge is 2.38. The van der Waals surface area contributed by atoms with E-state index < -0.39 is 12.3 Å². The number of hydrogen-bond donors (Lipinski definition) is 3. The van der Waals surface area contributed by atoms with E-state index in [1.807, 2.05) is 97.3 Å². The molecule has 47 heavy (non-hydrogen) atoms. The largest absolute Gasteiger partial charge is 0.481 e. The van der Waals surface area contributed by atoms with Crippen LogP contribution in [0, 0.1) is 5.92 Å². The van der Waals surface area contributed by atoms with E-state index >= 15 is 0 Å². The highest BCUT2D eigenvalue weighted by atomic mass is 16.7. The van der Waals surface area contributed by atoms with E-state index in [9.17, 15) is 14.7 Å². The molecule has 4 atom stereocenters. The lowest BCUT2D eigenvalue weighted by Crippen LogP contribution is -2.39. The molecule has 0 spiro atoms. The summed E-state index contributed by atoms with van der Waals surface area (Å²) in [4.78, 5) is 27.4. The van der Waals surface area contributed by atoms with Crippen LogP contribution in [0.25, 0.3) is 22.2 Å². The molecule has 1 aliphatic rings. The molecule has 1 amide bonds. The number of aliphatic hydroxyl groups excluding tert-OH is 1. The first-order valence-electron chi connectivity index (χ1n) is 16.0. The van der Waals surface area contributed by atoms with Crippen LogP contribution in [-0.4, -0.2) is 37.7 Å². The van der Waals surface area contributed by atoms with Crippen molar-refractivity contribution in [2.24, 2.45) is 5.92 Å². The van der Waals surface area contributed by atoms with Crippen LogP contribution in [0.5, 0.6) is 0 Å². The smallest absolute Gasteiger partial charge is 0.303 e. The Bertz CT molecular complexity index is 1820. The van der Waals surface area contributed by atoms with Crippen LogP contribution in [0.15, 0.2) is 103 Å². The number of ether oxygens (including phenoxy) is 2. The quantitative estimate of drug-likeness (QED) is 0.142. The number of rotatable bonds is 12. The number of carboxylic acid groups (broad SMARTS) is 1. The van der Waals surface area contributed by atoms with Crippen LogP contribution in [0.2, 0.25) is 0 Å². The van der Waals surface area contributed by atoms with Gasteiger partial charge in [-0.1, -0.05) is 85.8 Å². The fourth-order valence-corrected chi connectivity index (χ4v) is 6.06. The number of para-hydroxylation sites is 2. The molecular weight excluding hydrogens is 594 g/mol. The predicted octanol–water partition coefficient (Wildman–Crippen LogP) is 6.56. The minimum atomic E-state index is -0.899. The van der Waals surface area contributed by atoms with Crippen molar-refractivity contribution in [2.75, 3.05) is 0 Å². The molecule has 0 radical (unpaired) electrons. The number of amides is 1. The summed E-state index contributed by atoms with van der Waals surface area (Å²) in [6, 6.07) is 32.1. The van der Waals surface area contributed by atoms with Crippen LogP contribution >= 0.6 is 0 Å². The zero-order valence-electron chi connectivity index (χ0n) is 26.3. The fourth-order valence-electron chi connectivity index (χ4n) is 6.06. The van der Waals surface area contributed by atoms with Crippen LogP contribution in [0.4, 0.5) is 0 Å². The first kappa shape index (κ1) is 32.1. The minimum Gasteiger partial charge on any atom is -0.481 e. The van der Waals surface area contributed by atoms with Gasteiger partial charge >= 0.3 is 5.97 Å². The third-order valence-corrected chi connectivity index (χ3v) is 8.75. The number of carbonyl (C=O) groups excluding carboxylic acids is 1. The van der Waals surface area contributed by atoms with Crippen LogP contribution in [-0.2, 0) is 38.8 Å². The minimum absolute atomic E-state index is 0.0120. The van der Waals surface area contributed by atoms with Crippen molar-refractivity contribution in [3.8, 4) is 11.1 Å². The number of aliphatic hydroxyl groups is 1. The predicted molar refractivity (Wildman–Crippen MR) is 178 cm³/mol. The lowest BCUT2D eigenvalue weighted by atomic mass is 9.90. The molecular formula is C38H39N3O6. The third-order valence-electron chi connectivity index (χ3n) is 8.75. The van der Waals surface area contributed by atoms with Crippen molar-refractivity contribution >= 4 is 22.9 Å². The lowest BCUT2D eigenvalue weighted by Gasteiger charge is -2.41. The molecule has 0 saturated carbocycles. The van der Waals surface area contributed by atoms with Crippen LogP contribution in [0.1, 0.15) is 60.8 Å². The van der Waals surface area contributed by atoms with E-state index in [0.29, 0.717) is 19.5 Å². The molecule has 0 bridgehead atoms. The van der Waals surface area contributed by atoms with Crippen molar-refractivity contribution in [3.63, 3.8) is 0 Å². The van der Waals surface area contributed by atoms with Gasteiger partial charge in [0, 0.05) is 30.9 Å². The number of nitrogens with zero attached hydrogens (tertiary/aromatic N) is 2. The molecule has 9 nitrogen and oxygen atoms in total. The molecule has 1 saturated heterocycles. The number of imidazole rings is 1. The Labute approximate surface area is 273 Å². The molecule has 0 unspecified atom stereocenters. The molecule has 6 rings (SSSR count). The molecule has 4 aromatic carbocycles. The van der Waals surface area contributed by atoms with Gasteiger partial charge in [0.15, 0.2) is 6.29 Å². The summed E-state index contributed by atoms with van der Waals surface area (Å²) < 4.78 is 15.5. The van der Waals surface area contributed by atoms with E-state index in [4.69, 9.17) is 14.6 Å². The Kier molecular flexibility index (Phi) is 10.1. The van der Waals surface area contributed by atoms with Gasteiger partial charge in [-0.25, -0.2) is 4.98 Å². The average Bonchev–Trinajstić information content (AvgIpc) is 3.51. The van der Waals surface area contributed by atoms with Crippen molar-refractivity contribution < 1.29 is 29.3 Å². The first-order chi connectivity index (χ1) is 22.9. The van der Waals surface area contributed by atoms with Gasteiger partial charge in [-0.05, 0) is 52.4 Å². The Morgan fingerprint density at radius 2 is 1.62 bits per heavy atom. The topological polar surface area (TPSA) is 123 Å². The normalized spacial score (nSPS) is 19.4. The molecule has 242 valence electrons. The standard InChI is InChI=1S/C38H39N3O6/c1-25-34(22-41-24-40-32-8-2-3-9-33(32)41)46-38(47-37(25)29-14-12-26(23-42)13-15-29)30-18-16-28(17-19-30)31-7-4-6-27(20-31)21-39-35(43)10-5-11-36(44)45/h2-4,6-9,12-20,24-25,34,37-38,42H,5,10-11,21-23H2,1H3,(H,39,43)(H,44,45)/t25-,34+,37+,38+/m1/s1. The van der Waals surface area contributed by atoms with Crippen LogP contribution < -0.4 is 5.32 Å². The number of aromatic nitrogens is 2. The zero-order chi connectivity index (χ0) is 32.8.